The molecule has 2 heteroatoms. The smallest absolute Gasteiger partial charge is 0.0623 e. The molecule has 0 spiro atoms. The first-order valence-electron chi connectivity index (χ1n) is 2.25. The third-order valence-corrected chi connectivity index (χ3v) is 0.667. The molecular weight excluding hydrogens is 100 g/mol. The maximum Gasteiger partial charge on any atom is -0.0623 e. The summed E-state index contributed by atoms with van der Waals surface area (Å²) in [6.45, 7) is 0. The fourth-order valence-electron chi connectivity index (χ4n) is 0.385. The average Bonchev–Trinajstić information content (AvgIpc) is 1.96. The highest BCUT2D eigenvalue weighted by atomic mass is 14.7. The standard InChI is InChI=1S/C6H6.H2N2/c1-2-4-6-5-3-1;1-2/h1-6H;1-2H. The molecule has 0 bridgehead atoms. The maximum absolute atomic E-state index is 5.00. The van der Waals surface area contributed by atoms with Gasteiger partial charge in [0.2, 0.25) is 0 Å². The highest BCUT2D eigenvalue weighted by Gasteiger charge is 1.57. The van der Waals surface area contributed by atoms with Gasteiger partial charge in [0.05, 0.1) is 0 Å². The molecule has 1 aromatic rings. The lowest BCUT2D eigenvalue weighted by Crippen LogP contribution is -1.47. The molecule has 0 amide bonds. The van der Waals surface area contributed by atoms with Crippen LogP contribution in [0.1, 0.15) is 0 Å². The van der Waals surface area contributed by atoms with E-state index in [4.69, 9.17) is 11.1 Å². The molecule has 0 saturated carbocycles. The van der Waals surface area contributed by atoms with E-state index in [1.165, 1.54) is 0 Å². The van der Waals surface area contributed by atoms with Gasteiger partial charge in [-0.2, -0.15) is 0 Å². The molecule has 0 unspecified atom stereocenters. The van der Waals surface area contributed by atoms with Gasteiger partial charge in [-0.05, 0) is 0 Å². The molecule has 2 N–H and O–H groups in total. The number of nitrogens with one attached hydrogen (secondary N) is 2. The van der Waals surface area contributed by atoms with Gasteiger partial charge in [0, 0.05) is 0 Å². The summed E-state index contributed by atoms with van der Waals surface area (Å²) in [6, 6.07) is 12.0. The van der Waals surface area contributed by atoms with Crippen LogP contribution in [-0.2, 0) is 0 Å². The summed E-state index contributed by atoms with van der Waals surface area (Å²) in [5.41, 5.74) is 10.0. The minimum atomic E-state index is 2.00. The van der Waals surface area contributed by atoms with Crippen LogP contribution in [-0.4, -0.2) is 0 Å². The summed E-state index contributed by atoms with van der Waals surface area (Å²) in [5, 5.41) is 0. The van der Waals surface area contributed by atoms with Crippen LogP contribution in [0.5, 0.6) is 0 Å². The van der Waals surface area contributed by atoms with E-state index in [0.717, 1.165) is 0 Å². The highest BCUT2D eigenvalue weighted by molar-refractivity contribution is 4.99. The Labute approximate surface area is 48.5 Å². The van der Waals surface area contributed by atoms with Crippen molar-refractivity contribution < 1.29 is 0 Å². The van der Waals surface area contributed by atoms with Crippen LogP contribution >= 0.6 is 0 Å². The van der Waals surface area contributed by atoms with E-state index in [2.05, 4.69) is 0 Å². The van der Waals surface area contributed by atoms with E-state index in [1.54, 1.807) is 0 Å². The van der Waals surface area contributed by atoms with E-state index < -0.39 is 0 Å². The van der Waals surface area contributed by atoms with E-state index in [9.17, 15) is 0 Å². The Bertz CT molecular complexity index is 89.4. The largest absolute Gasteiger partial charge is 0.213 e. The zero-order valence-corrected chi connectivity index (χ0v) is 4.46. The van der Waals surface area contributed by atoms with Crippen LogP contribution in [0.2, 0.25) is 0 Å². The third-order valence-electron chi connectivity index (χ3n) is 0.667. The van der Waals surface area contributed by atoms with Gasteiger partial charge in [-0.15, -0.1) is 0 Å². The van der Waals surface area contributed by atoms with Crippen molar-refractivity contribution in [2.75, 3.05) is 0 Å². The molecule has 0 aromatic heterocycles. The number of rotatable bonds is 0. The fraction of sp³-hybridized carbons (Fsp3) is 0. The van der Waals surface area contributed by atoms with Gasteiger partial charge in [0.25, 0.3) is 0 Å². The lowest BCUT2D eigenvalue weighted by atomic mass is 10.4. The van der Waals surface area contributed by atoms with Crippen LogP contribution < -0.4 is 0 Å². The Morgan fingerprint density at radius 2 is 0.625 bits per heavy atom. The summed E-state index contributed by atoms with van der Waals surface area (Å²) < 4.78 is 0. The Kier molecular flexibility index (Phi) is 4.96. The summed E-state index contributed by atoms with van der Waals surface area (Å²) in [6.07, 6.45) is 0. The Balaban J connectivity index is 0.000000222. The van der Waals surface area contributed by atoms with Gasteiger partial charge in [-0.25, -0.2) is 11.1 Å². The van der Waals surface area contributed by atoms with E-state index in [0.29, 0.717) is 0 Å². The summed E-state index contributed by atoms with van der Waals surface area (Å²) in [7, 11) is 0. The zero-order valence-electron chi connectivity index (χ0n) is 4.46. The molecule has 1 rings (SSSR count). The Morgan fingerprint density at radius 1 is 0.500 bits per heavy atom. The van der Waals surface area contributed by atoms with Crippen molar-refractivity contribution in [1.29, 1.82) is 11.1 Å². The average molecular weight is 108 g/mol. The molecule has 0 aliphatic rings. The van der Waals surface area contributed by atoms with E-state index >= 15 is 0 Å². The monoisotopic (exact) mass is 108 g/mol. The second-order valence-electron chi connectivity index (χ2n) is 1.15. The van der Waals surface area contributed by atoms with Crippen LogP contribution in [0.4, 0.5) is 0 Å². The molecule has 8 heavy (non-hydrogen) atoms. The molecule has 2 nitrogen and oxygen atoms in total. The normalized spacial score (nSPS) is 6.50. The van der Waals surface area contributed by atoms with Crippen molar-refractivity contribution >= 4 is 0 Å². The SMILES string of the molecule is N=N.c1ccccc1. The van der Waals surface area contributed by atoms with Gasteiger partial charge in [0.1, 0.15) is 0 Å². The fourth-order valence-corrected chi connectivity index (χ4v) is 0.385. The van der Waals surface area contributed by atoms with E-state index in [1.807, 2.05) is 36.4 Å². The lowest BCUT2D eigenvalue weighted by Gasteiger charge is -1.69. The molecule has 0 saturated heterocycles. The molecule has 0 aliphatic carbocycles. The molecule has 1 aromatic carbocycles. The first kappa shape index (κ1) is 6.82. The van der Waals surface area contributed by atoms with Crippen LogP contribution in [0.15, 0.2) is 36.4 Å². The minimum Gasteiger partial charge on any atom is -0.213 e. The minimum absolute atomic E-state index is 2.00. The van der Waals surface area contributed by atoms with Crippen molar-refractivity contribution in [2.45, 2.75) is 0 Å². The van der Waals surface area contributed by atoms with Gasteiger partial charge in [0.15, 0.2) is 0 Å². The number of hydrogen-bond donors (Lipinski definition) is 2. The van der Waals surface area contributed by atoms with E-state index in [-0.39, 0.29) is 0 Å². The summed E-state index contributed by atoms with van der Waals surface area (Å²) in [5.74, 6) is 0. The van der Waals surface area contributed by atoms with Crippen molar-refractivity contribution in [2.24, 2.45) is 0 Å². The topological polar surface area (TPSA) is 47.7 Å². The quantitative estimate of drug-likeness (QED) is 0.479. The molecule has 42 valence electrons. The first-order valence-corrected chi connectivity index (χ1v) is 2.25. The molecule has 0 atom stereocenters. The van der Waals surface area contributed by atoms with Gasteiger partial charge >= 0.3 is 0 Å². The van der Waals surface area contributed by atoms with Crippen molar-refractivity contribution in [3.05, 3.63) is 36.4 Å². The summed E-state index contributed by atoms with van der Waals surface area (Å²) >= 11 is 0. The van der Waals surface area contributed by atoms with Crippen LogP contribution in [0.25, 0.3) is 0 Å². The van der Waals surface area contributed by atoms with Crippen molar-refractivity contribution in [1.82, 2.24) is 0 Å². The first-order chi connectivity index (χ1) is 4.00. The lowest BCUT2D eigenvalue weighted by molar-refractivity contribution is 1.05. The van der Waals surface area contributed by atoms with Crippen molar-refractivity contribution in [3.8, 4) is 0 Å². The van der Waals surface area contributed by atoms with Gasteiger partial charge < -0.3 is 0 Å². The molecular formula is C6H8N2. The third kappa shape index (κ3) is 3.03. The molecule has 0 fully saturated rings. The van der Waals surface area contributed by atoms with Gasteiger partial charge in [-0.3, -0.25) is 0 Å². The Hall–Kier alpha value is -1.18. The maximum atomic E-state index is 5.00. The van der Waals surface area contributed by atoms with Crippen LogP contribution in [0, 0.1) is 11.1 Å². The summed E-state index contributed by atoms with van der Waals surface area (Å²) in [4.78, 5) is 0. The predicted molar refractivity (Wildman–Crippen MR) is 31.9 cm³/mol. The Morgan fingerprint density at radius 3 is 0.750 bits per heavy atom. The highest BCUT2D eigenvalue weighted by Crippen LogP contribution is 1.79. The molecule has 0 aliphatic heterocycles. The van der Waals surface area contributed by atoms with Crippen LogP contribution in [0.3, 0.4) is 0 Å². The number of benzene rings is 1. The molecule has 0 radical (unpaired) electrons. The zero-order chi connectivity index (χ0) is 6.24. The van der Waals surface area contributed by atoms with Gasteiger partial charge in [-0.1, -0.05) is 36.4 Å². The second-order valence-corrected chi connectivity index (χ2v) is 1.15. The molecule has 0 heterocycles. The second kappa shape index (κ2) is 5.82. The number of hydrogen-bond acceptors (Lipinski definition) is 2. The predicted octanol–water partition coefficient (Wildman–Crippen LogP) is 2.28. The van der Waals surface area contributed by atoms with Crippen molar-refractivity contribution in [3.63, 3.8) is 0 Å².